The highest BCUT2D eigenvalue weighted by atomic mass is 16.1. The Morgan fingerprint density at radius 3 is 2.29 bits per heavy atom. The number of benzene rings is 1. The topological polar surface area (TPSA) is 17.1 Å². The van der Waals surface area contributed by atoms with Crippen LogP contribution in [0, 0.1) is 11.3 Å². The Hall–Kier alpha value is -1.63. The first-order valence-electron chi connectivity index (χ1n) is 6.03. The molecule has 0 amide bonds. The van der Waals surface area contributed by atoms with Gasteiger partial charge < -0.3 is 0 Å². The first-order valence-corrected chi connectivity index (χ1v) is 6.03. The van der Waals surface area contributed by atoms with E-state index < -0.39 is 0 Å². The predicted molar refractivity (Wildman–Crippen MR) is 70.9 cm³/mol. The maximum absolute atomic E-state index is 12.2. The molecule has 1 aromatic rings. The molecule has 0 unspecified atom stereocenters. The van der Waals surface area contributed by atoms with Crippen molar-refractivity contribution in [3.63, 3.8) is 0 Å². The normalized spacial score (nSPS) is 15.4. The average Bonchev–Trinajstić information content (AvgIpc) is 2.84. The standard InChI is InChI=1S/C16H18O/c1-16(2,14-10-6-7-11-14)12-15(17)13-8-4-3-5-9-13/h3-11,14H,12H2,1-2H3. The molecule has 88 valence electrons. The Morgan fingerprint density at radius 1 is 1.12 bits per heavy atom. The molecule has 0 heterocycles. The second-order valence-electron chi connectivity index (χ2n) is 5.25. The van der Waals surface area contributed by atoms with Gasteiger partial charge in [-0.05, 0) is 5.41 Å². The molecule has 0 saturated carbocycles. The highest BCUT2D eigenvalue weighted by Crippen LogP contribution is 2.35. The summed E-state index contributed by atoms with van der Waals surface area (Å²) in [6.45, 7) is 4.30. The zero-order valence-corrected chi connectivity index (χ0v) is 10.4. The SMILES string of the molecule is CC(C)(CC(=O)c1ccccc1)C1C=CC=C1. The summed E-state index contributed by atoms with van der Waals surface area (Å²) in [5.41, 5.74) is 0.794. The Balaban J connectivity index is 2.08. The van der Waals surface area contributed by atoms with E-state index in [9.17, 15) is 4.79 Å². The second kappa shape index (κ2) is 4.70. The first kappa shape index (κ1) is 11.8. The Kier molecular flexibility index (Phi) is 3.28. The smallest absolute Gasteiger partial charge is 0.163 e. The lowest BCUT2D eigenvalue weighted by Gasteiger charge is -2.28. The molecule has 0 fully saturated rings. The van der Waals surface area contributed by atoms with Gasteiger partial charge in [-0.15, -0.1) is 0 Å². The zero-order chi connectivity index (χ0) is 12.3. The minimum Gasteiger partial charge on any atom is -0.294 e. The summed E-state index contributed by atoms with van der Waals surface area (Å²) >= 11 is 0. The minimum atomic E-state index is -0.0174. The molecule has 2 rings (SSSR count). The molecule has 0 radical (unpaired) electrons. The number of ketones is 1. The van der Waals surface area contributed by atoms with Crippen LogP contribution in [0.2, 0.25) is 0 Å². The molecule has 1 aliphatic rings. The van der Waals surface area contributed by atoms with Gasteiger partial charge in [-0.1, -0.05) is 68.5 Å². The predicted octanol–water partition coefficient (Wildman–Crippen LogP) is 4.03. The molecule has 1 aromatic carbocycles. The summed E-state index contributed by atoms with van der Waals surface area (Å²) in [6, 6.07) is 9.53. The van der Waals surface area contributed by atoms with Gasteiger partial charge in [-0.2, -0.15) is 0 Å². The van der Waals surface area contributed by atoms with E-state index in [4.69, 9.17) is 0 Å². The van der Waals surface area contributed by atoms with Crippen molar-refractivity contribution in [2.75, 3.05) is 0 Å². The monoisotopic (exact) mass is 226 g/mol. The van der Waals surface area contributed by atoms with Gasteiger partial charge in [-0.25, -0.2) is 0 Å². The zero-order valence-electron chi connectivity index (χ0n) is 10.4. The van der Waals surface area contributed by atoms with Gasteiger partial charge in [0.05, 0.1) is 0 Å². The molecule has 1 aliphatic carbocycles. The quantitative estimate of drug-likeness (QED) is 0.708. The fourth-order valence-electron chi connectivity index (χ4n) is 2.21. The van der Waals surface area contributed by atoms with Crippen LogP contribution in [0.5, 0.6) is 0 Å². The fourth-order valence-corrected chi connectivity index (χ4v) is 2.21. The van der Waals surface area contributed by atoms with E-state index in [1.165, 1.54) is 0 Å². The fraction of sp³-hybridized carbons (Fsp3) is 0.312. The summed E-state index contributed by atoms with van der Waals surface area (Å²) in [7, 11) is 0. The number of hydrogen-bond acceptors (Lipinski definition) is 1. The molecular formula is C16H18O. The third kappa shape index (κ3) is 2.73. The molecule has 0 N–H and O–H groups in total. The van der Waals surface area contributed by atoms with E-state index in [0.717, 1.165) is 5.56 Å². The van der Waals surface area contributed by atoms with E-state index in [1.807, 2.05) is 30.3 Å². The first-order chi connectivity index (χ1) is 8.09. The molecule has 1 heteroatoms. The lowest BCUT2D eigenvalue weighted by molar-refractivity contribution is 0.0916. The number of hydrogen-bond donors (Lipinski definition) is 0. The molecule has 0 saturated heterocycles. The molecular weight excluding hydrogens is 208 g/mol. The Labute approximate surface area is 103 Å². The van der Waals surface area contributed by atoms with Gasteiger partial charge in [0.25, 0.3) is 0 Å². The van der Waals surface area contributed by atoms with Crippen LogP contribution in [0.3, 0.4) is 0 Å². The number of carbonyl (C=O) groups is 1. The van der Waals surface area contributed by atoms with Crippen molar-refractivity contribution < 1.29 is 4.79 Å². The van der Waals surface area contributed by atoms with Crippen molar-refractivity contribution in [2.24, 2.45) is 11.3 Å². The lowest BCUT2D eigenvalue weighted by atomic mass is 9.75. The van der Waals surface area contributed by atoms with Gasteiger partial charge in [0.1, 0.15) is 0 Å². The minimum absolute atomic E-state index is 0.0174. The van der Waals surface area contributed by atoms with Crippen molar-refractivity contribution in [3.05, 3.63) is 60.2 Å². The third-order valence-corrected chi connectivity index (χ3v) is 3.36. The molecule has 0 atom stereocenters. The summed E-state index contributed by atoms with van der Waals surface area (Å²) in [5.74, 6) is 0.597. The number of allylic oxidation sites excluding steroid dienone is 4. The number of rotatable bonds is 4. The van der Waals surface area contributed by atoms with Crippen LogP contribution in [-0.2, 0) is 0 Å². The van der Waals surface area contributed by atoms with Gasteiger partial charge in [0.15, 0.2) is 5.78 Å². The molecule has 0 spiro atoms. The molecule has 17 heavy (non-hydrogen) atoms. The maximum atomic E-state index is 12.2. The van der Waals surface area contributed by atoms with Gasteiger partial charge in [-0.3, -0.25) is 4.79 Å². The van der Waals surface area contributed by atoms with Crippen molar-refractivity contribution in [2.45, 2.75) is 20.3 Å². The van der Waals surface area contributed by atoms with Crippen molar-refractivity contribution in [1.82, 2.24) is 0 Å². The van der Waals surface area contributed by atoms with E-state index >= 15 is 0 Å². The van der Waals surface area contributed by atoms with E-state index in [-0.39, 0.29) is 11.2 Å². The van der Waals surface area contributed by atoms with E-state index in [1.54, 1.807) is 0 Å². The van der Waals surface area contributed by atoms with Crippen molar-refractivity contribution >= 4 is 5.78 Å². The van der Waals surface area contributed by atoms with Gasteiger partial charge in [0, 0.05) is 17.9 Å². The van der Waals surface area contributed by atoms with Crippen LogP contribution >= 0.6 is 0 Å². The van der Waals surface area contributed by atoms with Crippen molar-refractivity contribution in [3.8, 4) is 0 Å². The Bertz CT molecular complexity index is 440. The molecule has 0 aromatic heterocycles. The highest BCUT2D eigenvalue weighted by molar-refractivity contribution is 5.96. The van der Waals surface area contributed by atoms with E-state index in [0.29, 0.717) is 12.3 Å². The van der Waals surface area contributed by atoms with Gasteiger partial charge >= 0.3 is 0 Å². The van der Waals surface area contributed by atoms with Crippen molar-refractivity contribution in [1.29, 1.82) is 0 Å². The maximum Gasteiger partial charge on any atom is 0.163 e. The third-order valence-electron chi connectivity index (χ3n) is 3.36. The second-order valence-corrected chi connectivity index (χ2v) is 5.25. The van der Waals surface area contributed by atoms with Crippen LogP contribution < -0.4 is 0 Å². The Morgan fingerprint density at radius 2 is 1.71 bits per heavy atom. The summed E-state index contributed by atoms with van der Waals surface area (Å²) in [5, 5.41) is 0. The molecule has 0 bridgehead atoms. The average molecular weight is 226 g/mol. The number of carbonyl (C=O) groups excluding carboxylic acids is 1. The summed E-state index contributed by atoms with van der Waals surface area (Å²) in [4.78, 5) is 12.2. The molecule has 1 nitrogen and oxygen atoms in total. The molecule has 0 aliphatic heterocycles. The summed E-state index contributed by atoms with van der Waals surface area (Å²) < 4.78 is 0. The van der Waals surface area contributed by atoms with E-state index in [2.05, 4.69) is 38.2 Å². The lowest BCUT2D eigenvalue weighted by Crippen LogP contribution is -2.24. The van der Waals surface area contributed by atoms with Crippen LogP contribution in [-0.4, -0.2) is 5.78 Å². The van der Waals surface area contributed by atoms with Gasteiger partial charge in [0.2, 0.25) is 0 Å². The number of Topliss-reactive ketones (excluding diaryl/α,β-unsaturated/α-hetero) is 1. The van der Waals surface area contributed by atoms with Crippen LogP contribution in [0.15, 0.2) is 54.6 Å². The van der Waals surface area contributed by atoms with Crippen LogP contribution in [0.4, 0.5) is 0 Å². The van der Waals surface area contributed by atoms with Crippen LogP contribution in [0.25, 0.3) is 0 Å². The largest absolute Gasteiger partial charge is 0.294 e. The summed E-state index contributed by atoms with van der Waals surface area (Å²) in [6.07, 6.45) is 9.02. The highest BCUT2D eigenvalue weighted by Gasteiger charge is 2.29. The van der Waals surface area contributed by atoms with Crippen LogP contribution in [0.1, 0.15) is 30.6 Å².